The Morgan fingerprint density at radius 2 is 1.83 bits per heavy atom. The average Bonchev–Trinajstić information content (AvgIpc) is 3.21. The molecule has 2 unspecified atom stereocenters. The number of ether oxygens (including phenoxy) is 2. The highest BCUT2D eigenvalue weighted by molar-refractivity contribution is 6.33. The molecule has 1 amide bonds. The zero-order valence-corrected chi connectivity index (χ0v) is 16.5. The highest BCUT2D eigenvalue weighted by Gasteiger charge is 2.38. The van der Waals surface area contributed by atoms with E-state index in [4.69, 9.17) is 21.1 Å². The monoisotopic (exact) mass is 432 g/mol. The average molecular weight is 433 g/mol. The summed E-state index contributed by atoms with van der Waals surface area (Å²) in [6, 6.07) is 3.41. The van der Waals surface area contributed by atoms with Gasteiger partial charge in [-0.2, -0.15) is 13.2 Å². The van der Waals surface area contributed by atoms with E-state index in [2.05, 4.69) is 15.0 Å². The maximum absolute atomic E-state index is 13.5. The molecule has 1 N–H and O–H groups in total. The molecular formula is C19H20ClF3N2O4. The molecule has 1 heterocycles. The van der Waals surface area contributed by atoms with E-state index in [1.54, 1.807) is 14.2 Å². The molecule has 0 spiro atoms. The van der Waals surface area contributed by atoms with Gasteiger partial charge in [0.05, 0.1) is 22.8 Å². The van der Waals surface area contributed by atoms with Crippen molar-refractivity contribution in [2.75, 3.05) is 19.5 Å². The van der Waals surface area contributed by atoms with E-state index in [0.29, 0.717) is 19.3 Å². The van der Waals surface area contributed by atoms with Crippen molar-refractivity contribution in [3.63, 3.8) is 0 Å². The largest absolute Gasteiger partial charge is 0.417 e. The fourth-order valence-corrected chi connectivity index (χ4v) is 4.10. The molecule has 1 aromatic heterocycles. The second-order valence-corrected chi connectivity index (χ2v) is 7.22. The van der Waals surface area contributed by atoms with Gasteiger partial charge in [-0.1, -0.05) is 16.8 Å². The molecule has 1 aromatic carbocycles. The summed E-state index contributed by atoms with van der Waals surface area (Å²) in [5, 5.41) is 5.71. The van der Waals surface area contributed by atoms with E-state index >= 15 is 0 Å². The summed E-state index contributed by atoms with van der Waals surface area (Å²) in [4.78, 5) is 12.4. The Morgan fingerprint density at radius 3 is 2.34 bits per heavy atom. The molecule has 0 radical (unpaired) electrons. The fourth-order valence-electron chi connectivity index (χ4n) is 3.67. The topological polar surface area (TPSA) is 73.6 Å². The fraction of sp³-hybridized carbons (Fsp3) is 0.474. The van der Waals surface area contributed by atoms with Gasteiger partial charge in [0.1, 0.15) is 6.26 Å². The lowest BCUT2D eigenvalue weighted by Gasteiger charge is -2.35. The number of rotatable bonds is 5. The second kappa shape index (κ2) is 8.73. The molecule has 6 nitrogen and oxygen atoms in total. The van der Waals surface area contributed by atoms with Crippen molar-refractivity contribution in [2.45, 2.75) is 43.6 Å². The van der Waals surface area contributed by atoms with Crippen LogP contribution in [0.15, 0.2) is 29.0 Å². The number of benzene rings is 1. The van der Waals surface area contributed by atoms with Crippen LogP contribution in [0.2, 0.25) is 5.02 Å². The number of hydrogen-bond acceptors (Lipinski definition) is 5. The minimum atomic E-state index is -4.63. The molecule has 2 aromatic rings. The molecule has 1 aliphatic rings. The molecule has 0 bridgehead atoms. The summed E-state index contributed by atoms with van der Waals surface area (Å²) in [7, 11) is 3.08. The van der Waals surface area contributed by atoms with Gasteiger partial charge in [-0.05, 0) is 42.9 Å². The van der Waals surface area contributed by atoms with Gasteiger partial charge in [-0.3, -0.25) is 4.79 Å². The van der Waals surface area contributed by atoms with Crippen molar-refractivity contribution in [3.8, 4) is 0 Å². The van der Waals surface area contributed by atoms with Gasteiger partial charge >= 0.3 is 6.18 Å². The van der Waals surface area contributed by atoms with Crippen LogP contribution in [0.4, 0.5) is 18.9 Å². The van der Waals surface area contributed by atoms with Gasteiger partial charge in [0, 0.05) is 26.0 Å². The van der Waals surface area contributed by atoms with E-state index < -0.39 is 28.6 Å². The van der Waals surface area contributed by atoms with E-state index in [1.807, 2.05) is 0 Å². The lowest BCUT2D eigenvalue weighted by Crippen LogP contribution is -2.32. The first-order valence-electron chi connectivity index (χ1n) is 8.91. The molecule has 10 heteroatoms. The SMILES string of the molecule is COC1CC(OC)CC(c2c(NC(=O)c3ccon3)ccc(C(F)(F)F)c2Cl)C1. The van der Waals surface area contributed by atoms with Crippen molar-refractivity contribution in [2.24, 2.45) is 0 Å². The number of halogens is 4. The Labute approximate surface area is 170 Å². The molecule has 1 fully saturated rings. The van der Waals surface area contributed by atoms with E-state index in [1.165, 1.54) is 18.4 Å². The summed E-state index contributed by atoms with van der Waals surface area (Å²) in [5.41, 5.74) is -0.558. The van der Waals surface area contributed by atoms with Crippen molar-refractivity contribution in [3.05, 3.63) is 46.3 Å². The normalized spacial score (nSPS) is 22.5. The van der Waals surface area contributed by atoms with E-state index in [9.17, 15) is 18.0 Å². The van der Waals surface area contributed by atoms with Crippen LogP contribution >= 0.6 is 11.6 Å². The summed E-state index contributed by atoms with van der Waals surface area (Å²) < 4.78 is 55.9. The first-order valence-corrected chi connectivity index (χ1v) is 9.29. The predicted molar refractivity (Wildman–Crippen MR) is 99.1 cm³/mol. The van der Waals surface area contributed by atoms with Crippen molar-refractivity contribution < 1.29 is 32.0 Å². The lowest BCUT2D eigenvalue weighted by atomic mass is 9.79. The standard InChI is InChI=1S/C19H20ClF3N2O4/c1-27-11-7-10(8-12(9-11)28-2)16-14(24-18(26)15-5-6-29-25-15)4-3-13(17(16)20)19(21,22)23/h3-6,10-12H,7-9H2,1-2H3,(H,24,26). The number of carbonyl (C=O) groups excluding carboxylic acids is 1. The molecule has 1 saturated carbocycles. The van der Waals surface area contributed by atoms with Crippen LogP contribution in [0.3, 0.4) is 0 Å². The van der Waals surface area contributed by atoms with Crippen LogP contribution in [0.5, 0.6) is 0 Å². The first kappa shape index (κ1) is 21.6. The Hall–Kier alpha value is -2.10. The van der Waals surface area contributed by atoms with Gasteiger partial charge in [-0.25, -0.2) is 0 Å². The first-order chi connectivity index (χ1) is 13.7. The minimum absolute atomic E-state index is 0.000139. The van der Waals surface area contributed by atoms with Crippen molar-refractivity contribution >= 4 is 23.2 Å². The third-order valence-corrected chi connectivity index (χ3v) is 5.51. The highest BCUT2D eigenvalue weighted by atomic mass is 35.5. The number of alkyl halides is 3. The number of carbonyl (C=O) groups is 1. The number of methoxy groups -OCH3 is 2. The van der Waals surface area contributed by atoms with E-state index in [0.717, 1.165) is 6.07 Å². The van der Waals surface area contributed by atoms with Gasteiger partial charge in [0.2, 0.25) is 0 Å². The number of amides is 1. The molecule has 2 atom stereocenters. The number of hydrogen-bond donors (Lipinski definition) is 1. The Morgan fingerprint density at radius 1 is 1.17 bits per heavy atom. The third kappa shape index (κ3) is 4.73. The maximum Gasteiger partial charge on any atom is 0.417 e. The molecule has 0 aliphatic heterocycles. The third-order valence-electron chi connectivity index (χ3n) is 5.10. The summed E-state index contributed by atoms with van der Waals surface area (Å²) in [5.74, 6) is -1.01. The number of anilines is 1. The molecule has 0 saturated heterocycles. The Kier molecular flexibility index (Phi) is 6.50. The molecule has 3 rings (SSSR count). The Bertz CT molecular complexity index is 846. The van der Waals surface area contributed by atoms with Gasteiger partial charge < -0.3 is 19.3 Å². The molecule has 29 heavy (non-hydrogen) atoms. The number of nitrogens with one attached hydrogen (secondary N) is 1. The minimum Gasteiger partial charge on any atom is -0.381 e. The quantitative estimate of drug-likeness (QED) is 0.727. The van der Waals surface area contributed by atoms with Crippen LogP contribution in [0, 0.1) is 0 Å². The highest BCUT2D eigenvalue weighted by Crippen LogP contribution is 2.46. The molecule has 158 valence electrons. The zero-order chi connectivity index (χ0) is 21.2. The Balaban J connectivity index is 2.04. The zero-order valence-electron chi connectivity index (χ0n) is 15.8. The van der Waals surface area contributed by atoms with Crippen LogP contribution in [0.1, 0.15) is 46.8 Å². The summed E-state index contributed by atoms with van der Waals surface area (Å²) in [6.45, 7) is 0. The van der Waals surface area contributed by atoms with Crippen LogP contribution in [-0.2, 0) is 15.7 Å². The predicted octanol–water partition coefficient (Wildman–Crippen LogP) is 4.90. The lowest BCUT2D eigenvalue weighted by molar-refractivity contribution is -0.137. The van der Waals surface area contributed by atoms with Crippen LogP contribution in [-0.4, -0.2) is 37.5 Å². The second-order valence-electron chi connectivity index (χ2n) is 6.84. The molecular weight excluding hydrogens is 413 g/mol. The number of nitrogens with zero attached hydrogens (tertiary/aromatic N) is 1. The van der Waals surface area contributed by atoms with E-state index in [-0.39, 0.29) is 29.2 Å². The summed E-state index contributed by atoms with van der Waals surface area (Å²) >= 11 is 6.24. The van der Waals surface area contributed by atoms with Gasteiger partial charge in [0.25, 0.3) is 5.91 Å². The number of aromatic nitrogens is 1. The smallest absolute Gasteiger partial charge is 0.381 e. The van der Waals surface area contributed by atoms with Crippen LogP contribution in [0.25, 0.3) is 0 Å². The van der Waals surface area contributed by atoms with Crippen molar-refractivity contribution in [1.29, 1.82) is 0 Å². The molecule has 1 aliphatic carbocycles. The van der Waals surface area contributed by atoms with Crippen molar-refractivity contribution in [1.82, 2.24) is 5.16 Å². The van der Waals surface area contributed by atoms with Crippen LogP contribution < -0.4 is 5.32 Å². The van der Waals surface area contributed by atoms with Gasteiger partial charge in [0.15, 0.2) is 5.69 Å². The van der Waals surface area contributed by atoms with Gasteiger partial charge in [-0.15, -0.1) is 0 Å². The maximum atomic E-state index is 13.5. The summed E-state index contributed by atoms with van der Waals surface area (Å²) in [6.07, 6.45) is -2.29.